The van der Waals surface area contributed by atoms with Crippen molar-refractivity contribution in [1.82, 2.24) is 5.17 Å². The van der Waals surface area contributed by atoms with Crippen LogP contribution in [0.25, 0.3) is 5.57 Å². The first-order valence-corrected chi connectivity index (χ1v) is 7.28. The van der Waals surface area contributed by atoms with E-state index in [1.807, 2.05) is 29.8 Å². The van der Waals surface area contributed by atoms with Crippen molar-refractivity contribution in [1.29, 1.82) is 0 Å². The van der Waals surface area contributed by atoms with Gasteiger partial charge in [0.25, 0.3) is 0 Å². The van der Waals surface area contributed by atoms with E-state index in [9.17, 15) is 5.21 Å². The van der Waals surface area contributed by atoms with Crippen molar-refractivity contribution in [3.05, 3.63) is 69.6 Å². The number of rotatable bonds is 1. The van der Waals surface area contributed by atoms with Crippen LogP contribution in [0.4, 0.5) is 10.7 Å². The van der Waals surface area contributed by atoms with Crippen molar-refractivity contribution >= 4 is 39.2 Å². The van der Waals surface area contributed by atoms with Gasteiger partial charge in [-0.05, 0) is 35.7 Å². The smallest absolute Gasteiger partial charge is 0.100 e. The predicted octanol–water partition coefficient (Wildman–Crippen LogP) is 4.24. The summed E-state index contributed by atoms with van der Waals surface area (Å²) in [6.07, 6.45) is 3.60. The second-order valence-electron chi connectivity index (χ2n) is 4.47. The number of hydroxylamine groups is 1. The van der Waals surface area contributed by atoms with Crippen molar-refractivity contribution in [3.63, 3.8) is 0 Å². The van der Waals surface area contributed by atoms with Crippen LogP contribution in [0.1, 0.15) is 5.56 Å². The number of benzene rings is 1. The molecular weight excluding hydrogens is 294 g/mol. The number of allylic oxidation sites excluding steroid dienone is 1. The Morgan fingerprint density at radius 2 is 1.95 bits per heavy atom. The molecule has 0 aliphatic carbocycles. The minimum Gasteiger partial charge on any atom is -0.738 e. The zero-order chi connectivity index (χ0) is 13.7. The van der Waals surface area contributed by atoms with Crippen LogP contribution in [-0.2, 0) is 0 Å². The minimum atomic E-state index is 0.617. The quantitative estimate of drug-likeness (QED) is 0.855. The first-order chi connectivity index (χ1) is 9.74. The fourth-order valence-electron chi connectivity index (χ4n) is 2.34. The van der Waals surface area contributed by atoms with Crippen molar-refractivity contribution in [2.75, 3.05) is 10.3 Å². The van der Waals surface area contributed by atoms with E-state index < -0.39 is 0 Å². The molecule has 0 saturated heterocycles. The van der Waals surface area contributed by atoms with Crippen LogP contribution in [0.5, 0.6) is 0 Å². The second kappa shape index (κ2) is 4.28. The summed E-state index contributed by atoms with van der Waals surface area (Å²) in [5, 5.41) is 21.7. The zero-order valence-electron chi connectivity index (χ0n) is 10.2. The van der Waals surface area contributed by atoms with Crippen molar-refractivity contribution in [3.8, 4) is 0 Å². The van der Waals surface area contributed by atoms with E-state index in [1.165, 1.54) is 0 Å². The van der Waals surface area contributed by atoms with Gasteiger partial charge in [0.1, 0.15) is 5.00 Å². The molecule has 20 heavy (non-hydrogen) atoms. The maximum atomic E-state index is 12.4. The fourth-order valence-corrected chi connectivity index (χ4v) is 3.24. The first-order valence-electron chi connectivity index (χ1n) is 6.03. The Labute approximate surface area is 124 Å². The highest BCUT2D eigenvalue weighted by Crippen LogP contribution is 2.43. The number of hydrogen-bond donors (Lipinski definition) is 1. The Morgan fingerprint density at radius 1 is 1.15 bits per heavy atom. The predicted molar refractivity (Wildman–Crippen MR) is 83.1 cm³/mol. The molecule has 3 heterocycles. The molecule has 2 aliphatic heterocycles. The minimum absolute atomic E-state index is 0.617. The van der Waals surface area contributed by atoms with E-state index in [1.54, 1.807) is 34.7 Å². The summed E-state index contributed by atoms with van der Waals surface area (Å²) >= 11 is 7.50. The summed E-state index contributed by atoms with van der Waals surface area (Å²) in [7, 11) is 0. The summed E-state index contributed by atoms with van der Waals surface area (Å²) in [5.74, 6) is 0. The Morgan fingerprint density at radius 3 is 2.75 bits per heavy atom. The molecule has 6 heteroatoms. The topological polar surface area (TPSA) is 41.6 Å². The van der Waals surface area contributed by atoms with Gasteiger partial charge in [-0.2, -0.15) is 0 Å². The lowest BCUT2D eigenvalue weighted by atomic mass is 10.1. The van der Waals surface area contributed by atoms with Gasteiger partial charge in [-0.3, -0.25) is 5.01 Å². The van der Waals surface area contributed by atoms with Gasteiger partial charge in [-0.25, -0.2) is 0 Å². The highest BCUT2D eigenvalue weighted by molar-refractivity contribution is 7.14. The van der Waals surface area contributed by atoms with Gasteiger partial charge in [0.2, 0.25) is 0 Å². The average molecular weight is 303 g/mol. The van der Waals surface area contributed by atoms with Crippen LogP contribution in [0, 0.1) is 5.21 Å². The van der Waals surface area contributed by atoms with Gasteiger partial charge in [-0.1, -0.05) is 11.6 Å². The molecule has 4 rings (SSSR count). The molecule has 100 valence electrons. The summed E-state index contributed by atoms with van der Waals surface area (Å²) in [6.45, 7) is 0. The third-order valence-corrected chi connectivity index (χ3v) is 4.41. The summed E-state index contributed by atoms with van der Waals surface area (Å²) in [4.78, 5) is 0. The number of thiophene rings is 1. The number of hydrazine groups is 1. The Bertz CT molecular complexity index is 735. The van der Waals surface area contributed by atoms with Gasteiger partial charge < -0.3 is 15.7 Å². The van der Waals surface area contributed by atoms with E-state index in [0.717, 1.165) is 27.0 Å². The molecule has 0 atom stereocenters. The lowest BCUT2D eigenvalue weighted by molar-refractivity contribution is 0.510. The van der Waals surface area contributed by atoms with Crippen LogP contribution in [0.3, 0.4) is 0 Å². The van der Waals surface area contributed by atoms with Crippen LogP contribution in [0.2, 0.25) is 5.02 Å². The van der Waals surface area contributed by atoms with E-state index in [0.29, 0.717) is 10.7 Å². The van der Waals surface area contributed by atoms with Gasteiger partial charge in [0.05, 0.1) is 11.4 Å². The molecule has 0 fully saturated rings. The number of halogens is 1. The zero-order valence-corrected chi connectivity index (χ0v) is 11.8. The SMILES string of the molecule is [O-]N1C2=CNc3sccc3C2=CN1c1ccc(Cl)cc1. The van der Waals surface area contributed by atoms with Crippen molar-refractivity contribution in [2.24, 2.45) is 0 Å². The van der Waals surface area contributed by atoms with Gasteiger partial charge >= 0.3 is 0 Å². The monoisotopic (exact) mass is 302 g/mol. The molecule has 0 spiro atoms. The third-order valence-electron chi connectivity index (χ3n) is 3.32. The Kier molecular flexibility index (Phi) is 2.53. The molecule has 2 aliphatic rings. The first kappa shape index (κ1) is 11.8. The number of anilines is 2. The van der Waals surface area contributed by atoms with Gasteiger partial charge in [-0.15, -0.1) is 11.3 Å². The highest BCUT2D eigenvalue weighted by Gasteiger charge is 2.27. The van der Waals surface area contributed by atoms with E-state index in [-0.39, 0.29) is 0 Å². The van der Waals surface area contributed by atoms with Crippen LogP contribution in [-0.4, -0.2) is 5.17 Å². The normalized spacial score (nSPS) is 16.3. The molecule has 0 saturated carbocycles. The standard InChI is InChI=1S/C14H9ClN3OS/c15-9-1-3-10(4-2-9)17-8-12-11-5-6-20-14(11)16-7-13(12)18(17)19/h1-8,16H/q-1. The maximum absolute atomic E-state index is 12.4. The lowest BCUT2D eigenvalue weighted by Gasteiger charge is -2.37. The molecule has 4 nitrogen and oxygen atoms in total. The number of hydrogen-bond acceptors (Lipinski definition) is 5. The molecular formula is C14H9ClN3OS-. The van der Waals surface area contributed by atoms with Crippen molar-refractivity contribution in [2.45, 2.75) is 0 Å². The third kappa shape index (κ3) is 1.64. The summed E-state index contributed by atoms with van der Waals surface area (Å²) < 4.78 is 0. The molecule has 0 amide bonds. The van der Waals surface area contributed by atoms with E-state index in [4.69, 9.17) is 11.6 Å². The molecule has 0 radical (unpaired) electrons. The fraction of sp³-hybridized carbons (Fsp3) is 0. The van der Waals surface area contributed by atoms with Crippen LogP contribution >= 0.6 is 22.9 Å². The number of nitrogens with zero attached hydrogens (tertiary/aromatic N) is 2. The second-order valence-corrected chi connectivity index (χ2v) is 5.83. The summed E-state index contributed by atoms with van der Waals surface area (Å²) in [6, 6.07) is 9.21. The summed E-state index contributed by atoms with van der Waals surface area (Å²) in [5.41, 5.74) is 3.39. The maximum Gasteiger partial charge on any atom is 0.100 e. The van der Waals surface area contributed by atoms with E-state index >= 15 is 0 Å². The molecule has 0 unspecified atom stereocenters. The van der Waals surface area contributed by atoms with Crippen LogP contribution < -0.4 is 10.3 Å². The molecule has 1 aromatic carbocycles. The van der Waals surface area contributed by atoms with Crippen LogP contribution in [0.15, 0.2) is 53.8 Å². The lowest BCUT2D eigenvalue weighted by Crippen LogP contribution is -2.29. The highest BCUT2D eigenvalue weighted by atomic mass is 35.5. The Hall–Kier alpha value is -1.95. The van der Waals surface area contributed by atoms with Crippen molar-refractivity contribution < 1.29 is 0 Å². The molecule has 2 aromatic rings. The molecule has 0 bridgehead atoms. The number of nitrogens with one attached hydrogen (secondary N) is 1. The average Bonchev–Trinajstić information content (AvgIpc) is 3.04. The molecule has 1 aromatic heterocycles. The molecule has 1 N–H and O–H groups in total. The van der Waals surface area contributed by atoms with E-state index in [2.05, 4.69) is 5.32 Å². The largest absolute Gasteiger partial charge is 0.738 e. The van der Waals surface area contributed by atoms with Gasteiger partial charge in [0.15, 0.2) is 0 Å². The number of fused-ring (bicyclic) bond motifs is 3. The Balaban J connectivity index is 1.79. The van der Waals surface area contributed by atoms with Gasteiger partial charge in [0, 0.05) is 28.6 Å².